The van der Waals surface area contributed by atoms with Gasteiger partial charge in [0.05, 0.1) is 0 Å². The van der Waals surface area contributed by atoms with Crippen molar-refractivity contribution >= 4 is 14.8 Å². The van der Waals surface area contributed by atoms with E-state index in [1.54, 1.807) is 0 Å². The Balaban J connectivity index is 3.18. The number of carbonyl (C=O) groups excluding carboxylic acids is 1. The summed E-state index contributed by atoms with van der Waals surface area (Å²) in [6.45, 7) is 0. The molecule has 1 rings (SSSR count). The molecule has 0 fully saturated rings. The zero-order chi connectivity index (χ0) is 15.0. The largest absolute Gasteiger partial charge is 0.532 e. The molecule has 19 heavy (non-hydrogen) atoms. The highest BCUT2D eigenvalue weighted by Gasteiger charge is 2.34. The molecule has 0 aliphatic rings. The van der Waals surface area contributed by atoms with Gasteiger partial charge in [0.2, 0.25) is 5.82 Å². The fourth-order valence-corrected chi connectivity index (χ4v) is 1.34. The van der Waals surface area contributed by atoms with Gasteiger partial charge in [0.1, 0.15) is 5.56 Å². The number of esters is 1. The van der Waals surface area contributed by atoms with Crippen LogP contribution in [0.25, 0.3) is 0 Å². The Morgan fingerprint density at radius 3 is 1.63 bits per heavy atom. The molecule has 5 nitrogen and oxygen atoms in total. The second kappa shape index (κ2) is 5.20. The van der Waals surface area contributed by atoms with Crippen LogP contribution in [0.1, 0.15) is 10.4 Å². The Morgan fingerprint density at radius 2 is 1.26 bits per heavy atom. The monoisotopic (exact) mass is 304 g/mol. The number of ether oxygens (including phenoxy) is 1. The van der Waals surface area contributed by atoms with Crippen molar-refractivity contribution in [2.75, 3.05) is 6.23 Å². The lowest BCUT2D eigenvalue weighted by Crippen LogP contribution is -2.42. The molecule has 0 atom stereocenters. The topological polar surface area (TPSA) is 87.0 Å². The number of carbonyl (C=O) groups is 1. The van der Waals surface area contributed by atoms with Crippen LogP contribution >= 0.6 is 0 Å². The lowest BCUT2D eigenvalue weighted by atomic mass is 10.1. The lowest BCUT2D eigenvalue weighted by molar-refractivity contribution is 0.0470. The molecule has 1 aromatic carbocycles. The second-order valence-electron chi connectivity index (χ2n) is 3.30. The standard InChI is InChI=1S/C8H5F5O5Si/c9-3-2(8(14)18-1-19(15,16)17)4(10)6(12)7(13)5(3)11/h15-17H,1H2. The molecule has 0 aliphatic carbocycles. The first-order chi connectivity index (χ1) is 8.56. The van der Waals surface area contributed by atoms with Crippen LogP contribution in [0.15, 0.2) is 0 Å². The first kappa shape index (κ1) is 15.5. The summed E-state index contributed by atoms with van der Waals surface area (Å²) in [6, 6.07) is 0. The van der Waals surface area contributed by atoms with Crippen molar-refractivity contribution in [2.45, 2.75) is 0 Å². The Bertz CT molecular complexity index is 500. The van der Waals surface area contributed by atoms with Crippen LogP contribution in [-0.2, 0) is 4.74 Å². The first-order valence-corrected chi connectivity index (χ1v) is 6.46. The van der Waals surface area contributed by atoms with Gasteiger partial charge in [-0.2, -0.15) is 0 Å². The van der Waals surface area contributed by atoms with Crippen molar-refractivity contribution in [1.82, 2.24) is 0 Å². The van der Waals surface area contributed by atoms with Gasteiger partial charge in [-0.25, -0.2) is 26.7 Å². The first-order valence-electron chi connectivity index (χ1n) is 4.42. The lowest BCUT2D eigenvalue weighted by Gasteiger charge is -2.11. The van der Waals surface area contributed by atoms with Crippen LogP contribution in [-0.4, -0.2) is 35.4 Å². The minimum absolute atomic E-state index is 1.43. The van der Waals surface area contributed by atoms with E-state index in [2.05, 4.69) is 4.74 Å². The van der Waals surface area contributed by atoms with Crippen molar-refractivity contribution in [3.05, 3.63) is 34.6 Å². The quantitative estimate of drug-likeness (QED) is 0.240. The number of hydrogen-bond donors (Lipinski definition) is 3. The molecular weight excluding hydrogens is 299 g/mol. The highest BCUT2D eigenvalue weighted by atomic mass is 28.4. The van der Waals surface area contributed by atoms with E-state index in [1.807, 2.05) is 0 Å². The van der Waals surface area contributed by atoms with Crippen LogP contribution in [0.2, 0.25) is 0 Å². The maximum Gasteiger partial charge on any atom is 0.532 e. The predicted molar refractivity (Wildman–Crippen MR) is 48.9 cm³/mol. The van der Waals surface area contributed by atoms with E-state index in [1.165, 1.54) is 0 Å². The number of hydrogen-bond acceptors (Lipinski definition) is 5. The number of rotatable bonds is 3. The summed E-state index contributed by atoms with van der Waals surface area (Å²) in [7, 11) is -4.88. The van der Waals surface area contributed by atoms with Gasteiger partial charge in [-0.05, 0) is 0 Å². The average molecular weight is 304 g/mol. The summed E-state index contributed by atoms with van der Waals surface area (Å²) in [5.41, 5.74) is -1.89. The minimum Gasteiger partial charge on any atom is -0.457 e. The third kappa shape index (κ3) is 3.26. The average Bonchev–Trinajstić information content (AvgIpc) is 2.31. The summed E-state index contributed by atoms with van der Waals surface area (Å²) in [4.78, 5) is 36.5. The van der Waals surface area contributed by atoms with Crippen molar-refractivity contribution in [3.63, 3.8) is 0 Å². The molecule has 0 spiro atoms. The molecule has 0 aliphatic heterocycles. The number of benzene rings is 1. The van der Waals surface area contributed by atoms with Gasteiger partial charge in [-0.3, -0.25) is 0 Å². The second-order valence-corrected chi connectivity index (χ2v) is 5.13. The molecule has 0 aromatic heterocycles. The van der Waals surface area contributed by atoms with E-state index in [4.69, 9.17) is 14.4 Å². The molecule has 0 unspecified atom stereocenters. The van der Waals surface area contributed by atoms with Crippen molar-refractivity contribution in [3.8, 4) is 0 Å². The zero-order valence-corrected chi connectivity index (χ0v) is 9.76. The van der Waals surface area contributed by atoms with E-state index in [-0.39, 0.29) is 0 Å². The molecule has 11 heteroatoms. The predicted octanol–water partition coefficient (Wildman–Crippen LogP) is -0.00610. The van der Waals surface area contributed by atoms with Gasteiger partial charge in [0.15, 0.2) is 29.5 Å². The Labute approximate surface area is 102 Å². The molecule has 0 bridgehead atoms. The normalized spacial score (nSPS) is 11.6. The summed E-state index contributed by atoms with van der Waals surface area (Å²) in [6.07, 6.45) is -1.43. The smallest absolute Gasteiger partial charge is 0.457 e. The third-order valence-electron chi connectivity index (χ3n) is 1.81. The molecule has 3 N–H and O–H groups in total. The third-order valence-corrected chi connectivity index (χ3v) is 2.34. The summed E-state index contributed by atoms with van der Waals surface area (Å²) in [5.74, 6) is -14.1. The fraction of sp³-hybridized carbons (Fsp3) is 0.125. The van der Waals surface area contributed by atoms with Gasteiger partial charge in [0.25, 0.3) is 0 Å². The highest BCUT2D eigenvalue weighted by molar-refractivity contribution is 6.56. The van der Waals surface area contributed by atoms with Gasteiger partial charge in [-0.1, -0.05) is 0 Å². The van der Waals surface area contributed by atoms with Crippen LogP contribution in [0.5, 0.6) is 0 Å². The molecule has 106 valence electrons. The van der Waals surface area contributed by atoms with Crippen LogP contribution < -0.4 is 0 Å². The van der Waals surface area contributed by atoms with Gasteiger partial charge < -0.3 is 19.1 Å². The Morgan fingerprint density at radius 1 is 0.895 bits per heavy atom. The molecule has 0 amide bonds. The molecule has 0 saturated carbocycles. The van der Waals surface area contributed by atoms with E-state index in [0.29, 0.717) is 0 Å². The van der Waals surface area contributed by atoms with E-state index >= 15 is 0 Å². The summed E-state index contributed by atoms with van der Waals surface area (Å²) in [5, 5.41) is 0. The van der Waals surface area contributed by atoms with Crippen LogP contribution in [0.3, 0.4) is 0 Å². The molecular formula is C8H5F5O5Si. The minimum atomic E-state index is -4.88. The van der Waals surface area contributed by atoms with Crippen LogP contribution in [0.4, 0.5) is 22.0 Å². The highest BCUT2D eigenvalue weighted by Crippen LogP contribution is 2.23. The van der Waals surface area contributed by atoms with E-state index in [0.717, 1.165) is 0 Å². The summed E-state index contributed by atoms with van der Waals surface area (Å²) < 4.78 is 68.1. The van der Waals surface area contributed by atoms with E-state index in [9.17, 15) is 26.7 Å². The van der Waals surface area contributed by atoms with Crippen molar-refractivity contribution in [2.24, 2.45) is 0 Å². The molecule has 0 heterocycles. The Kier molecular flexibility index (Phi) is 4.24. The van der Waals surface area contributed by atoms with Crippen LogP contribution in [0, 0.1) is 29.1 Å². The van der Waals surface area contributed by atoms with Crippen molar-refractivity contribution in [1.29, 1.82) is 0 Å². The molecule has 1 aromatic rings. The number of halogens is 5. The Hall–Kier alpha value is -1.56. The fourth-order valence-electron chi connectivity index (χ4n) is 1.02. The summed E-state index contributed by atoms with van der Waals surface area (Å²) >= 11 is 0. The SMILES string of the molecule is O=C(OC[Si](O)(O)O)c1c(F)c(F)c(F)c(F)c1F. The van der Waals surface area contributed by atoms with Crippen molar-refractivity contribution < 1.29 is 45.9 Å². The van der Waals surface area contributed by atoms with E-state index < -0.39 is 55.7 Å². The van der Waals surface area contributed by atoms with Gasteiger partial charge in [0, 0.05) is 0 Å². The molecule has 0 saturated heterocycles. The molecule has 0 radical (unpaired) electrons. The maximum atomic E-state index is 13.1. The van der Waals surface area contributed by atoms with Gasteiger partial charge in [-0.15, -0.1) is 0 Å². The van der Waals surface area contributed by atoms with Gasteiger partial charge >= 0.3 is 14.8 Å². The maximum absolute atomic E-state index is 13.1. The zero-order valence-electron chi connectivity index (χ0n) is 8.76.